The van der Waals surface area contributed by atoms with Crippen LogP contribution < -0.4 is 0 Å². The normalized spacial score (nSPS) is 44.6. The predicted octanol–water partition coefficient (Wildman–Crippen LogP) is 2.58. The van der Waals surface area contributed by atoms with Crippen LogP contribution in [0.2, 0.25) is 0 Å². The van der Waals surface area contributed by atoms with Crippen LogP contribution in [-0.4, -0.2) is 41.1 Å². The van der Waals surface area contributed by atoms with Crippen molar-refractivity contribution in [1.82, 2.24) is 0 Å². The van der Waals surface area contributed by atoms with Crippen LogP contribution in [0.1, 0.15) is 59.8 Å². The predicted molar refractivity (Wildman–Crippen MR) is 99.3 cm³/mol. The molecule has 0 radical (unpaired) electrons. The Bertz CT molecular complexity index is 810. The molecule has 0 aromatic heterocycles. The topological polar surface area (TPSA) is 90.0 Å². The number of fused-ring (bicyclic) bond motifs is 1. The first-order valence-electron chi connectivity index (χ1n) is 10.1. The molecule has 6 nitrogen and oxygen atoms in total. The summed E-state index contributed by atoms with van der Waals surface area (Å²) < 4.78 is 11.2. The molecule has 0 aromatic rings. The molecule has 3 aliphatic carbocycles. The molecular formula is C22H28O6. The molecule has 4 aliphatic rings. The van der Waals surface area contributed by atoms with E-state index < -0.39 is 22.5 Å². The van der Waals surface area contributed by atoms with E-state index in [1.807, 2.05) is 20.8 Å². The minimum Gasteiger partial charge on any atom is -0.462 e. The van der Waals surface area contributed by atoms with Gasteiger partial charge in [0, 0.05) is 36.5 Å². The van der Waals surface area contributed by atoms with Gasteiger partial charge in [-0.3, -0.25) is 19.2 Å². The summed E-state index contributed by atoms with van der Waals surface area (Å²) in [5.41, 5.74) is -2.24. The second-order valence-electron chi connectivity index (χ2n) is 9.75. The average Bonchev–Trinajstić information content (AvgIpc) is 3.31. The molecular weight excluding hydrogens is 360 g/mol. The summed E-state index contributed by atoms with van der Waals surface area (Å²) in [7, 11) is 0. The molecule has 6 heteroatoms. The van der Waals surface area contributed by atoms with Crippen molar-refractivity contribution < 1.29 is 28.7 Å². The number of epoxide rings is 1. The van der Waals surface area contributed by atoms with Gasteiger partial charge in [0.2, 0.25) is 11.4 Å². The van der Waals surface area contributed by atoms with Crippen LogP contribution >= 0.6 is 0 Å². The second-order valence-corrected chi connectivity index (χ2v) is 9.75. The van der Waals surface area contributed by atoms with E-state index >= 15 is 0 Å². The fourth-order valence-corrected chi connectivity index (χ4v) is 6.15. The lowest BCUT2D eigenvalue weighted by atomic mass is 9.51. The number of Topliss-reactive ketones (excluding diaryl/α,β-unsaturated/α-hetero) is 3. The zero-order valence-electron chi connectivity index (χ0n) is 17.0. The first-order valence-corrected chi connectivity index (χ1v) is 10.1. The summed E-state index contributed by atoms with van der Waals surface area (Å²) in [4.78, 5) is 51.0. The van der Waals surface area contributed by atoms with Gasteiger partial charge < -0.3 is 9.47 Å². The van der Waals surface area contributed by atoms with Gasteiger partial charge in [0.25, 0.3) is 0 Å². The maximum absolute atomic E-state index is 13.3. The molecule has 1 saturated heterocycles. The third-order valence-corrected chi connectivity index (χ3v) is 7.95. The molecule has 1 aliphatic heterocycles. The van der Waals surface area contributed by atoms with Gasteiger partial charge in [0.15, 0.2) is 5.78 Å². The largest absolute Gasteiger partial charge is 0.462 e. The van der Waals surface area contributed by atoms with E-state index in [0.717, 1.165) is 0 Å². The van der Waals surface area contributed by atoms with E-state index in [-0.39, 0.29) is 47.7 Å². The first-order chi connectivity index (χ1) is 13.0. The number of rotatable bonds is 1. The molecule has 152 valence electrons. The number of esters is 1. The molecule has 4 rings (SSSR count). The maximum atomic E-state index is 13.3. The van der Waals surface area contributed by atoms with Gasteiger partial charge in [-0.05, 0) is 30.8 Å². The molecule has 0 spiro atoms. The highest BCUT2D eigenvalue weighted by Crippen LogP contribution is 2.60. The number of ketones is 3. The van der Waals surface area contributed by atoms with Gasteiger partial charge in [-0.15, -0.1) is 0 Å². The summed E-state index contributed by atoms with van der Waals surface area (Å²) in [6.07, 6.45) is 1.19. The average molecular weight is 388 g/mol. The van der Waals surface area contributed by atoms with Crippen LogP contribution in [0.25, 0.3) is 0 Å². The highest BCUT2D eigenvalue weighted by Gasteiger charge is 2.76. The third kappa shape index (κ3) is 2.36. The van der Waals surface area contributed by atoms with E-state index in [9.17, 15) is 19.2 Å². The van der Waals surface area contributed by atoms with Crippen LogP contribution in [0.4, 0.5) is 0 Å². The molecule has 3 saturated carbocycles. The molecule has 0 amide bonds. The fourth-order valence-electron chi connectivity index (χ4n) is 6.15. The van der Waals surface area contributed by atoms with E-state index in [2.05, 4.69) is 6.58 Å². The lowest BCUT2D eigenvalue weighted by Crippen LogP contribution is -2.55. The summed E-state index contributed by atoms with van der Waals surface area (Å²) >= 11 is 0. The zero-order chi connectivity index (χ0) is 20.6. The van der Waals surface area contributed by atoms with Gasteiger partial charge in [0.05, 0.1) is 0 Å². The summed E-state index contributed by atoms with van der Waals surface area (Å²) in [6.45, 7) is 11.1. The van der Waals surface area contributed by atoms with Crippen LogP contribution in [0.3, 0.4) is 0 Å². The molecule has 0 N–H and O–H groups in total. The van der Waals surface area contributed by atoms with Gasteiger partial charge >= 0.3 is 5.97 Å². The fraction of sp³-hybridized carbons (Fsp3) is 0.727. The van der Waals surface area contributed by atoms with Crippen molar-refractivity contribution in [3.05, 3.63) is 12.2 Å². The number of hydrogen-bond donors (Lipinski definition) is 0. The number of hydrogen-bond acceptors (Lipinski definition) is 6. The first kappa shape index (κ1) is 19.5. The molecule has 4 fully saturated rings. The Hall–Kier alpha value is -1.82. The van der Waals surface area contributed by atoms with Crippen molar-refractivity contribution in [1.29, 1.82) is 0 Å². The zero-order valence-corrected chi connectivity index (χ0v) is 17.0. The van der Waals surface area contributed by atoms with Crippen LogP contribution in [0.15, 0.2) is 12.2 Å². The number of carbonyl (C=O) groups excluding carboxylic acids is 4. The van der Waals surface area contributed by atoms with Crippen molar-refractivity contribution in [2.24, 2.45) is 22.7 Å². The van der Waals surface area contributed by atoms with Crippen molar-refractivity contribution in [2.45, 2.75) is 77.6 Å². The van der Waals surface area contributed by atoms with E-state index in [1.165, 1.54) is 6.92 Å². The summed E-state index contributed by atoms with van der Waals surface area (Å²) in [5.74, 6) is -1.41. The van der Waals surface area contributed by atoms with Gasteiger partial charge in [0.1, 0.15) is 18.0 Å². The van der Waals surface area contributed by atoms with Gasteiger partial charge in [-0.2, -0.15) is 0 Å². The van der Waals surface area contributed by atoms with E-state index in [1.54, 1.807) is 0 Å². The van der Waals surface area contributed by atoms with Crippen molar-refractivity contribution in [3.8, 4) is 0 Å². The highest BCUT2D eigenvalue weighted by molar-refractivity contribution is 6.23. The molecule has 1 unspecified atom stereocenters. The van der Waals surface area contributed by atoms with Crippen molar-refractivity contribution in [3.63, 3.8) is 0 Å². The second kappa shape index (κ2) is 5.85. The Labute approximate surface area is 165 Å². The van der Waals surface area contributed by atoms with Crippen molar-refractivity contribution >= 4 is 23.3 Å². The Morgan fingerprint density at radius 1 is 1.14 bits per heavy atom. The minimum atomic E-state index is -1.38. The summed E-state index contributed by atoms with van der Waals surface area (Å²) in [5, 5.41) is 0. The Morgan fingerprint density at radius 2 is 1.82 bits per heavy atom. The van der Waals surface area contributed by atoms with Crippen LogP contribution in [0, 0.1) is 22.7 Å². The number of carbonyl (C=O) groups is 4. The standard InChI is InChI=1S/C22H28O6/c1-11-13-6-7-15(24)21(5)9-8-17(27-12(2)23)20(3,4)14(21)10-16(25)22(18(11)26)19(13)28-22/h13-14,17,19H,1,6-10H2,2-5H3/t13-,14+,17-,19?,21+,22-/m0/s1. The van der Waals surface area contributed by atoms with Crippen molar-refractivity contribution in [2.75, 3.05) is 0 Å². The lowest BCUT2D eigenvalue weighted by molar-refractivity contribution is -0.172. The Morgan fingerprint density at radius 3 is 2.46 bits per heavy atom. The maximum Gasteiger partial charge on any atom is 0.302 e. The van der Waals surface area contributed by atoms with E-state index in [0.29, 0.717) is 31.3 Å². The molecule has 6 atom stereocenters. The monoisotopic (exact) mass is 388 g/mol. The number of ether oxygens (including phenoxy) is 2. The highest BCUT2D eigenvalue weighted by atomic mass is 16.6. The SMILES string of the molecule is C=C1C(=O)[C@]23OC2[C@H]1CCC(=O)[C@]1(C)CC[C@H](OC(C)=O)C(C)(C)[C@H]1CC3=O. The molecule has 0 aromatic carbocycles. The van der Waals surface area contributed by atoms with Crippen LogP contribution in [-0.2, 0) is 28.7 Å². The lowest BCUT2D eigenvalue weighted by Gasteiger charge is -2.53. The smallest absolute Gasteiger partial charge is 0.302 e. The van der Waals surface area contributed by atoms with Crippen LogP contribution in [0.5, 0.6) is 0 Å². The Kier molecular flexibility index (Phi) is 4.07. The summed E-state index contributed by atoms with van der Waals surface area (Å²) in [6, 6.07) is 0. The van der Waals surface area contributed by atoms with E-state index in [4.69, 9.17) is 9.47 Å². The van der Waals surface area contributed by atoms with Gasteiger partial charge in [-0.25, -0.2) is 0 Å². The molecule has 1 heterocycles. The molecule has 28 heavy (non-hydrogen) atoms. The third-order valence-electron chi connectivity index (χ3n) is 7.95. The Balaban J connectivity index is 1.75. The molecule has 2 bridgehead atoms. The minimum absolute atomic E-state index is 0.0647. The quantitative estimate of drug-likeness (QED) is 0.297. The van der Waals surface area contributed by atoms with Gasteiger partial charge in [-0.1, -0.05) is 27.4 Å².